The van der Waals surface area contributed by atoms with Crippen molar-refractivity contribution in [3.63, 3.8) is 0 Å². The Morgan fingerprint density at radius 3 is 2.48 bits per heavy atom. The van der Waals surface area contributed by atoms with Crippen molar-refractivity contribution >= 4 is 52.5 Å². The summed E-state index contributed by atoms with van der Waals surface area (Å²) in [6, 6.07) is 14.1. The first kappa shape index (κ1) is 19.8. The van der Waals surface area contributed by atoms with E-state index in [1.165, 1.54) is 16.7 Å². The van der Waals surface area contributed by atoms with E-state index in [2.05, 4.69) is 5.32 Å². The molecule has 2 heterocycles. The number of para-hydroxylation sites is 1. The van der Waals surface area contributed by atoms with Gasteiger partial charge in [-0.2, -0.15) is 0 Å². The van der Waals surface area contributed by atoms with Crippen molar-refractivity contribution < 1.29 is 14.4 Å². The SMILES string of the molecule is O=C(CN1C(=O)C(C(=O)N2CCCC2)Sc2ccccc21)Nc1ccc(Cl)cc1. The fourth-order valence-corrected chi connectivity index (χ4v) is 4.83. The molecule has 0 saturated carbocycles. The number of amides is 3. The molecule has 2 aromatic rings. The number of thioether (sulfide) groups is 1. The van der Waals surface area contributed by atoms with Crippen LogP contribution in [0, 0.1) is 0 Å². The van der Waals surface area contributed by atoms with Crippen molar-refractivity contribution in [2.45, 2.75) is 23.0 Å². The third-order valence-corrected chi connectivity index (χ3v) is 6.45. The van der Waals surface area contributed by atoms with Crippen LogP contribution in [0.5, 0.6) is 0 Å². The maximum Gasteiger partial charge on any atom is 0.250 e. The Kier molecular flexibility index (Phi) is 5.78. The van der Waals surface area contributed by atoms with Crippen molar-refractivity contribution in [1.82, 2.24) is 4.90 Å². The maximum absolute atomic E-state index is 13.2. The molecular formula is C21H20ClN3O3S. The zero-order chi connectivity index (χ0) is 20.4. The number of rotatable bonds is 4. The summed E-state index contributed by atoms with van der Waals surface area (Å²) in [6.45, 7) is 1.20. The Bertz CT molecular complexity index is 944. The van der Waals surface area contributed by atoms with Crippen LogP contribution in [0.25, 0.3) is 0 Å². The summed E-state index contributed by atoms with van der Waals surface area (Å²) in [4.78, 5) is 42.7. The summed E-state index contributed by atoms with van der Waals surface area (Å²) < 4.78 is 0. The van der Waals surface area contributed by atoms with E-state index in [1.807, 2.05) is 18.2 Å². The highest BCUT2D eigenvalue weighted by molar-refractivity contribution is 8.01. The number of nitrogens with one attached hydrogen (secondary N) is 1. The molecule has 8 heteroatoms. The minimum absolute atomic E-state index is 0.164. The van der Waals surface area contributed by atoms with Gasteiger partial charge in [-0.15, -0.1) is 11.8 Å². The molecule has 1 saturated heterocycles. The van der Waals surface area contributed by atoms with E-state index in [4.69, 9.17) is 11.6 Å². The molecule has 29 heavy (non-hydrogen) atoms. The smallest absolute Gasteiger partial charge is 0.250 e. The average Bonchev–Trinajstić information content (AvgIpc) is 3.26. The molecule has 2 aliphatic rings. The van der Waals surface area contributed by atoms with Crippen molar-refractivity contribution in [3.8, 4) is 0 Å². The van der Waals surface area contributed by atoms with E-state index in [9.17, 15) is 14.4 Å². The Labute approximate surface area is 178 Å². The normalized spacial score (nSPS) is 18.5. The van der Waals surface area contributed by atoms with E-state index in [1.54, 1.807) is 35.2 Å². The second-order valence-electron chi connectivity index (χ2n) is 6.98. The molecule has 1 fully saturated rings. The van der Waals surface area contributed by atoms with Crippen LogP contribution in [0.15, 0.2) is 53.4 Å². The number of likely N-dealkylation sites (tertiary alicyclic amines) is 1. The third-order valence-electron chi connectivity index (χ3n) is 4.96. The van der Waals surface area contributed by atoms with E-state index in [0.29, 0.717) is 29.5 Å². The van der Waals surface area contributed by atoms with Gasteiger partial charge in [0.05, 0.1) is 5.69 Å². The van der Waals surface area contributed by atoms with Gasteiger partial charge in [-0.3, -0.25) is 14.4 Å². The number of fused-ring (bicyclic) bond motifs is 1. The number of benzene rings is 2. The molecule has 0 aliphatic carbocycles. The lowest BCUT2D eigenvalue weighted by Gasteiger charge is -2.34. The van der Waals surface area contributed by atoms with Crippen LogP contribution in [0.2, 0.25) is 5.02 Å². The highest BCUT2D eigenvalue weighted by atomic mass is 35.5. The fraction of sp³-hybridized carbons (Fsp3) is 0.286. The number of carbonyl (C=O) groups excluding carboxylic acids is 3. The Morgan fingerprint density at radius 1 is 1.07 bits per heavy atom. The predicted octanol–water partition coefficient (Wildman–Crippen LogP) is 3.41. The first-order chi connectivity index (χ1) is 14.0. The van der Waals surface area contributed by atoms with Gasteiger partial charge in [-0.05, 0) is 49.2 Å². The summed E-state index contributed by atoms with van der Waals surface area (Å²) in [5.41, 5.74) is 1.25. The second-order valence-corrected chi connectivity index (χ2v) is 8.56. The molecule has 0 aromatic heterocycles. The molecular weight excluding hydrogens is 410 g/mol. The van der Waals surface area contributed by atoms with Gasteiger partial charge in [0.1, 0.15) is 6.54 Å². The minimum atomic E-state index is -0.855. The predicted molar refractivity (Wildman–Crippen MR) is 114 cm³/mol. The summed E-state index contributed by atoms with van der Waals surface area (Å²) in [7, 11) is 0. The minimum Gasteiger partial charge on any atom is -0.341 e. The fourth-order valence-electron chi connectivity index (χ4n) is 3.52. The number of halogens is 1. The van der Waals surface area contributed by atoms with Crippen LogP contribution in [-0.2, 0) is 14.4 Å². The van der Waals surface area contributed by atoms with Crippen LogP contribution in [0.4, 0.5) is 11.4 Å². The van der Waals surface area contributed by atoms with Gasteiger partial charge in [0.2, 0.25) is 11.8 Å². The number of hydrogen-bond donors (Lipinski definition) is 1. The van der Waals surface area contributed by atoms with Gasteiger partial charge in [-0.25, -0.2) is 0 Å². The molecule has 4 rings (SSSR count). The van der Waals surface area contributed by atoms with Gasteiger partial charge in [0.15, 0.2) is 5.25 Å². The molecule has 1 atom stereocenters. The molecule has 150 valence electrons. The number of carbonyl (C=O) groups is 3. The topological polar surface area (TPSA) is 69.7 Å². The van der Waals surface area contributed by atoms with Crippen LogP contribution in [0.3, 0.4) is 0 Å². The van der Waals surface area contributed by atoms with Crippen LogP contribution >= 0.6 is 23.4 Å². The third kappa shape index (κ3) is 4.26. The Balaban J connectivity index is 1.55. The largest absolute Gasteiger partial charge is 0.341 e. The molecule has 0 bridgehead atoms. The standard InChI is InChI=1S/C21H20ClN3O3S/c22-14-7-9-15(10-8-14)23-18(26)13-25-16-5-1-2-6-17(16)29-19(21(25)28)20(27)24-11-3-4-12-24/h1-2,5-10,19H,3-4,11-13H2,(H,23,26). The highest BCUT2D eigenvalue weighted by Gasteiger charge is 2.41. The Hall–Kier alpha value is -2.51. The van der Waals surface area contributed by atoms with E-state index in [0.717, 1.165) is 17.7 Å². The van der Waals surface area contributed by atoms with Gasteiger partial charge in [0, 0.05) is 28.7 Å². The summed E-state index contributed by atoms with van der Waals surface area (Å²) in [6.07, 6.45) is 1.92. The summed E-state index contributed by atoms with van der Waals surface area (Å²) >= 11 is 7.14. The molecule has 2 aliphatic heterocycles. The van der Waals surface area contributed by atoms with Crippen molar-refractivity contribution in [3.05, 3.63) is 53.6 Å². The van der Waals surface area contributed by atoms with Gasteiger partial charge < -0.3 is 15.1 Å². The van der Waals surface area contributed by atoms with Gasteiger partial charge >= 0.3 is 0 Å². The van der Waals surface area contributed by atoms with E-state index < -0.39 is 5.25 Å². The first-order valence-corrected chi connectivity index (χ1v) is 10.7. The number of nitrogens with zero attached hydrogens (tertiary/aromatic N) is 2. The highest BCUT2D eigenvalue weighted by Crippen LogP contribution is 2.40. The van der Waals surface area contributed by atoms with E-state index in [-0.39, 0.29) is 24.3 Å². The molecule has 0 radical (unpaired) electrons. The van der Waals surface area contributed by atoms with Crippen LogP contribution < -0.4 is 10.2 Å². The van der Waals surface area contributed by atoms with Gasteiger partial charge in [0.25, 0.3) is 5.91 Å². The lowest BCUT2D eigenvalue weighted by molar-refractivity contribution is -0.134. The van der Waals surface area contributed by atoms with Crippen LogP contribution in [0.1, 0.15) is 12.8 Å². The first-order valence-electron chi connectivity index (χ1n) is 9.44. The van der Waals surface area contributed by atoms with E-state index >= 15 is 0 Å². The lowest BCUT2D eigenvalue weighted by Crippen LogP contribution is -2.51. The molecule has 1 unspecified atom stereocenters. The monoisotopic (exact) mass is 429 g/mol. The zero-order valence-electron chi connectivity index (χ0n) is 15.6. The quantitative estimate of drug-likeness (QED) is 0.756. The molecule has 6 nitrogen and oxygen atoms in total. The summed E-state index contributed by atoms with van der Waals surface area (Å²) in [5, 5.41) is 2.49. The molecule has 2 aromatic carbocycles. The lowest BCUT2D eigenvalue weighted by atomic mass is 10.2. The number of hydrogen-bond acceptors (Lipinski definition) is 4. The van der Waals surface area contributed by atoms with Gasteiger partial charge in [-0.1, -0.05) is 23.7 Å². The second kappa shape index (κ2) is 8.47. The molecule has 1 N–H and O–H groups in total. The maximum atomic E-state index is 13.2. The molecule has 0 spiro atoms. The van der Waals surface area contributed by atoms with Crippen molar-refractivity contribution in [1.29, 1.82) is 0 Å². The molecule has 3 amide bonds. The van der Waals surface area contributed by atoms with Crippen molar-refractivity contribution in [2.24, 2.45) is 0 Å². The zero-order valence-corrected chi connectivity index (χ0v) is 17.2. The number of anilines is 2. The average molecular weight is 430 g/mol. The Morgan fingerprint density at radius 2 is 1.76 bits per heavy atom. The van der Waals surface area contributed by atoms with Crippen LogP contribution in [-0.4, -0.2) is 47.5 Å². The van der Waals surface area contributed by atoms with Crippen molar-refractivity contribution in [2.75, 3.05) is 29.9 Å². The summed E-state index contributed by atoms with van der Waals surface area (Å²) in [5.74, 6) is -0.860.